The molecule has 0 radical (unpaired) electrons. The highest BCUT2D eigenvalue weighted by Gasteiger charge is 2.15. The van der Waals surface area contributed by atoms with Gasteiger partial charge in [-0.05, 0) is 25.5 Å². The molecule has 2 rings (SSSR count). The van der Waals surface area contributed by atoms with Crippen LogP contribution in [0.15, 0.2) is 24.5 Å². The molecule has 0 saturated carbocycles. The third-order valence-corrected chi connectivity index (χ3v) is 4.12. The predicted octanol–water partition coefficient (Wildman–Crippen LogP) is 1.88. The van der Waals surface area contributed by atoms with E-state index < -0.39 is 0 Å². The summed E-state index contributed by atoms with van der Waals surface area (Å²) in [6, 6.07) is 3.14. The molecule has 2 aromatic heterocycles. The number of thiazole rings is 1. The highest BCUT2D eigenvalue weighted by Crippen LogP contribution is 2.20. The van der Waals surface area contributed by atoms with Gasteiger partial charge in [0, 0.05) is 17.3 Å². The monoisotopic (exact) mass is 291 g/mol. The van der Waals surface area contributed by atoms with Gasteiger partial charge in [0.1, 0.15) is 10.7 Å². The van der Waals surface area contributed by atoms with Crippen LogP contribution >= 0.6 is 11.3 Å². The first-order chi connectivity index (χ1) is 9.63. The van der Waals surface area contributed by atoms with E-state index >= 15 is 0 Å². The number of hydrogen-bond donors (Lipinski definition) is 3. The van der Waals surface area contributed by atoms with Crippen molar-refractivity contribution in [3.63, 3.8) is 0 Å². The van der Waals surface area contributed by atoms with Crippen LogP contribution in [-0.2, 0) is 6.42 Å². The molecular formula is C13H17N5OS. The lowest BCUT2D eigenvalue weighted by Crippen LogP contribution is -2.27. The summed E-state index contributed by atoms with van der Waals surface area (Å²) in [5.74, 6) is 5.06. The van der Waals surface area contributed by atoms with Crippen molar-refractivity contribution >= 4 is 22.9 Å². The molecule has 0 aromatic carbocycles. The Hall–Kier alpha value is -1.99. The van der Waals surface area contributed by atoms with Gasteiger partial charge in [-0.15, -0.1) is 11.3 Å². The molecule has 20 heavy (non-hydrogen) atoms. The number of nitrogen functional groups attached to an aromatic ring is 1. The number of carbonyl (C=O) groups is 1. The lowest BCUT2D eigenvalue weighted by molar-refractivity contribution is 0.0935. The Kier molecular flexibility index (Phi) is 4.65. The molecule has 106 valence electrons. The van der Waals surface area contributed by atoms with Gasteiger partial charge in [-0.2, -0.15) is 0 Å². The number of nitrogens with one attached hydrogen (secondary N) is 2. The standard InChI is InChI=1S/C13H17N5OS/c1-3-10-7-16-13(20-10)8(2)17-12(19)11-6-9(18-14)4-5-15-11/h4-8H,3,14H2,1-2H3,(H,15,18)(H,17,19). The summed E-state index contributed by atoms with van der Waals surface area (Å²) in [5.41, 5.74) is 3.45. The van der Waals surface area contributed by atoms with Crippen LogP contribution in [-0.4, -0.2) is 15.9 Å². The van der Waals surface area contributed by atoms with Crippen LogP contribution in [0, 0.1) is 0 Å². The summed E-state index contributed by atoms with van der Waals surface area (Å²) < 4.78 is 0. The maximum atomic E-state index is 12.1. The zero-order valence-electron chi connectivity index (χ0n) is 11.4. The maximum absolute atomic E-state index is 12.1. The lowest BCUT2D eigenvalue weighted by atomic mass is 10.2. The number of pyridine rings is 1. The van der Waals surface area contributed by atoms with Crippen LogP contribution in [0.3, 0.4) is 0 Å². The number of aromatic nitrogens is 2. The Labute approximate surface area is 121 Å². The van der Waals surface area contributed by atoms with Crippen LogP contribution in [0.25, 0.3) is 0 Å². The lowest BCUT2D eigenvalue weighted by Gasteiger charge is -2.11. The second-order valence-electron chi connectivity index (χ2n) is 4.29. The molecule has 2 aromatic rings. The molecule has 0 aliphatic heterocycles. The van der Waals surface area contributed by atoms with E-state index in [-0.39, 0.29) is 11.9 Å². The Morgan fingerprint density at radius 1 is 1.50 bits per heavy atom. The number of hydrogen-bond acceptors (Lipinski definition) is 6. The van der Waals surface area contributed by atoms with E-state index in [9.17, 15) is 4.79 Å². The Morgan fingerprint density at radius 2 is 2.30 bits per heavy atom. The number of hydrazine groups is 1. The molecule has 1 atom stereocenters. The van der Waals surface area contributed by atoms with E-state index in [0.717, 1.165) is 11.4 Å². The van der Waals surface area contributed by atoms with E-state index in [0.29, 0.717) is 11.4 Å². The van der Waals surface area contributed by atoms with Gasteiger partial charge in [0.25, 0.3) is 5.91 Å². The first kappa shape index (κ1) is 14.4. The summed E-state index contributed by atoms with van der Waals surface area (Å²) in [6.07, 6.45) is 4.33. The highest BCUT2D eigenvalue weighted by molar-refractivity contribution is 7.11. The molecule has 4 N–H and O–H groups in total. The fourth-order valence-corrected chi connectivity index (χ4v) is 2.52. The Balaban J connectivity index is 2.06. The summed E-state index contributed by atoms with van der Waals surface area (Å²) in [5, 5.41) is 3.77. The SMILES string of the molecule is CCc1cnc(C(C)NC(=O)c2cc(NN)ccn2)s1. The van der Waals surface area contributed by atoms with Crippen molar-refractivity contribution in [2.24, 2.45) is 5.84 Å². The molecule has 1 unspecified atom stereocenters. The van der Waals surface area contributed by atoms with Gasteiger partial charge in [0.05, 0.1) is 11.7 Å². The molecular weight excluding hydrogens is 274 g/mol. The number of aryl methyl sites for hydroxylation is 1. The minimum atomic E-state index is -0.247. The van der Waals surface area contributed by atoms with Crippen molar-refractivity contribution < 1.29 is 4.79 Å². The maximum Gasteiger partial charge on any atom is 0.270 e. The molecule has 0 spiro atoms. The largest absolute Gasteiger partial charge is 0.342 e. The molecule has 0 saturated heterocycles. The van der Waals surface area contributed by atoms with E-state index in [4.69, 9.17) is 5.84 Å². The van der Waals surface area contributed by atoms with Gasteiger partial charge in [-0.25, -0.2) is 4.98 Å². The zero-order valence-corrected chi connectivity index (χ0v) is 12.2. The normalized spacial score (nSPS) is 11.9. The first-order valence-electron chi connectivity index (χ1n) is 6.32. The van der Waals surface area contributed by atoms with Crippen molar-refractivity contribution in [2.45, 2.75) is 26.3 Å². The number of anilines is 1. The average molecular weight is 291 g/mol. The van der Waals surface area contributed by atoms with E-state index in [1.807, 2.05) is 13.1 Å². The Morgan fingerprint density at radius 3 is 2.95 bits per heavy atom. The van der Waals surface area contributed by atoms with Crippen molar-refractivity contribution in [1.82, 2.24) is 15.3 Å². The number of nitrogens with zero attached hydrogens (tertiary/aromatic N) is 2. The van der Waals surface area contributed by atoms with Crippen molar-refractivity contribution in [3.8, 4) is 0 Å². The second-order valence-corrected chi connectivity index (χ2v) is 5.43. The van der Waals surface area contributed by atoms with Crippen LogP contribution in [0.1, 0.15) is 40.3 Å². The smallest absolute Gasteiger partial charge is 0.270 e. The molecule has 0 aliphatic rings. The van der Waals surface area contributed by atoms with Gasteiger partial charge in [0.15, 0.2) is 0 Å². The van der Waals surface area contributed by atoms with Crippen LogP contribution in [0.2, 0.25) is 0 Å². The van der Waals surface area contributed by atoms with Gasteiger partial charge in [-0.1, -0.05) is 6.92 Å². The molecule has 7 heteroatoms. The highest BCUT2D eigenvalue weighted by atomic mass is 32.1. The summed E-state index contributed by atoms with van der Waals surface area (Å²) in [4.78, 5) is 21.7. The molecule has 0 fully saturated rings. The first-order valence-corrected chi connectivity index (χ1v) is 7.13. The number of nitrogens with two attached hydrogens (primary N) is 1. The van der Waals surface area contributed by atoms with Crippen molar-refractivity contribution in [1.29, 1.82) is 0 Å². The minimum Gasteiger partial charge on any atom is -0.342 e. The van der Waals surface area contributed by atoms with E-state index in [2.05, 4.69) is 27.6 Å². The predicted molar refractivity (Wildman–Crippen MR) is 79.4 cm³/mol. The van der Waals surface area contributed by atoms with Crippen LogP contribution in [0.4, 0.5) is 5.69 Å². The van der Waals surface area contributed by atoms with Crippen LogP contribution < -0.4 is 16.6 Å². The van der Waals surface area contributed by atoms with Gasteiger partial charge >= 0.3 is 0 Å². The summed E-state index contributed by atoms with van der Waals surface area (Å²) in [7, 11) is 0. The molecule has 0 bridgehead atoms. The van der Waals surface area contributed by atoms with E-state index in [1.165, 1.54) is 11.1 Å². The summed E-state index contributed by atoms with van der Waals surface area (Å²) in [6.45, 7) is 3.98. The molecule has 1 amide bonds. The number of amides is 1. The third-order valence-electron chi connectivity index (χ3n) is 2.80. The van der Waals surface area contributed by atoms with Gasteiger partial charge < -0.3 is 10.7 Å². The number of rotatable bonds is 5. The third kappa shape index (κ3) is 3.31. The van der Waals surface area contributed by atoms with Crippen molar-refractivity contribution in [3.05, 3.63) is 40.1 Å². The topological polar surface area (TPSA) is 92.9 Å². The fourth-order valence-electron chi connectivity index (χ4n) is 1.66. The zero-order chi connectivity index (χ0) is 14.5. The van der Waals surface area contributed by atoms with Crippen LogP contribution in [0.5, 0.6) is 0 Å². The van der Waals surface area contributed by atoms with Crippen molar-refractivity contribution in [2.75, 3.05) is 5.43 Å². The number of carbonyl (C=O) groups excluding carboxylic acids is 1. The molecule has 0 aliphatic carbocycles. The Bertz CT molecular complexity index is 598. The minimum absolute atomic E-state index is 0.149. The quantitative estimate of drug-likeness (QED) is 0.577. The average Bonchev–Trinajstić information content (AvgIpc) is 2.96. The summed E-state index contributed by atoms with van der Waals surface area (Å²) >= 11 is 1.61. The van der Waals surface area contributed by atoms with Gasteiger partial charge in [0.2, 0.25) is 0 Å². The molecule has 6 nitrogen and oxygen atoms in total. The molecule has 2 heterocycles. The second kappa shape index (κ2) is 6.44. The van der Waals surface area contributed by atoms with E-state index in [1.54, 1.807) is 23.5 Å². The fraction of sp³-hybridized carbons (Fsp3) is 0.308. The van der Waals surface area contributed by atoms with Gasteiger partial charge in [-0.3, -0.25) is 15.6 Å².